The van der Waals surface area contributed by atoms with Crippen LogP contribution in [0.15, 0.2) is 22.7 Å². The molecule has 0 aliphatic heterocycles. The van der Waals surface area contributed by atoms with Crippen LogP contribution in [0, 0.1) is 5.82 Å². The molecule has 1 aromatic rings. The summed E-state index contributed by atoms with van der Waals surface area (Å²) in [6, 6.07) is 4.20. The zero-order valence-electron chi connectivity index (χ0n) is 11.4. The Hall–Kier alpha value is -1.43. The van der Waals surface area contributed by atoms with E-state index in [0.29, 0.717) is 13.0 Å². The Morgan fingerprint density at radius 3 is 2.60 bits per heavy atom. The van der Waals surface area contributed by atoms with Gasteiger partial charge in [-0.15, -0.1) is 0 Å². The molecule has 1 N–H and O–H groups in total. The minimum Gasteiger partial charge on any atom is -0.481 e. The number of carboxylic acids is 1. The molecule has 0 radical (unpaired) electrons. The van der Waals surface area contributed by atoms with Crippen molar-refractivity contribution in [3.05, 3.63) is 34.1 Å². The largest absolute Gasteiger partial charge is 0.481 e. The highest BCUT2D eigenvalue weighted by Gasteiger charge is 2.22. The Bertz CT molecular complexity index is 505. The maximum atomic E-state index is 13.5. The molecule has 0 fully saturated rings. The van der Waals surface area contributed by atoms with Crippen molar-refractivity contribution in [2.75, 3.05) is 6.54 Å². The average molecular weight is 346 g/mol. The van der Waals surface area contributed by atoms with Gasteiger partial charge in [0.15, 0.2) is 0 Å². The standard InChI is InChI=1S/C14H17BrFNO3/c1-9(2)17(8-4-7-12(18)19)14(20)10-5-3-6-11(16)13(10)15/h3,5-6,9H,4,7-8H2,1-2H3,(H,18,19). The van der Waals surface area contributed by atoms with Gasteiger partial charge in [-0.1, -0.05) is 6.07 Å². The molecule has 6 heteroatoms. The molecule has 0 unspecified atom stereocenters. The van der Waals surface area contributed by atoms with Crippen LogP contribution in [-0.4, -0.2) is 34.5 Å². The molecule has 20 heavy (non-hydrogen) atoms. The molecule has 110 valence electrons. The first kappa shape index (κ1) is 16.6. The predicted octanol–water partition coefficient (Wildman–Crippen LogP) is 3.30. The van der Waals surface area contributed by atoms with E-state index in [1.165, 1.54) is 12.1 Å². The number of amides is 1. The third-order valence-electron chi connectivity index (χ3n) is 2.86. The monoisotopic (exact) mass is 345 g/mol. The maximum Gasteiger partial charge on any atom is 0.303 e. The number of halogens is 2. The average Bonchev–Trinajstić information content (AvgIpc) is 2.36. The zero-order chi connectivity index (χ0) is 15.3. The lowest BCUT2D eigenvalue weighted by atomic mass is 10.1. The van der Waals surface area contributed by atoms with E-state index in [4.69, 9.17) is 5.11 Å². The molecule has 0 saturated carbocycles. The molecule has 0 saturated heterocycles. The summed E-state index contributed by atoms with van der Waals surface area (Å²) in [5, 5.41) is 8.64. The first-order valence-corrected chi connectivity index (χ1v) is 7.10. The SMILES string of the molecule is CC(C)N(CCCC(=O)O)C(=O)c1cccc(F)c1Br. The van der Waals surface area contributed by atoms with Crippen LogP contribution in [0.4, 0.5) is 4.39 Å². The molecule has 0 aromatic heterocycles. The van der Waals surface area contributed by atoms with Crippen LogP contribution in [0.2, 0.25) is 0 Å². The minimum atomic E-state index is -0.895. The molecule has 0 aliphatic carbocycles. The quantitative estimate of drug-likeness (QED) is 0.860. The molecular weight excluding hydrogens is 329 g/mol. The van der Waals surface area contributed by atoms with Crippen molar-refractivity contribution >= 4 is 27.8 Å². The van der Waals surface area contributed by atoms with Gasteiger partial charge in [0.25, 0.3) is 5.91 Å². The normalized spacial score (nSPS) is 10.7. The van der Waals surface area contributed by atoms with Gasteiger partial charge in [-0.3, -0.25) is 9.59 Å². The third-order valence-corrected chi connectivity index (χ3v) is 3.66. The lowest BCUT2D eigenvalue weighted by molar-refractivity contribution is -0.137. The molecule has 1 rings (SSSR count). The van der Waals surface area contributed by atoms with Crippen LogP contribution in [0.1, 0.15) is 37.0 Å². The van der Waals surface area contributed by atoms with Gasteiger partial charge in [-0.05, 0) is 48.3 Å². The second kappa shape index (κ2) is 7.38. The number of carbonyl (C=O) groups excluding carboxylic acids is 1. The molecule has 0 atom stereocenters. The number of hydrogen-bond acceptors (Lipinski definition) is 2. The summed E-state index contributed by atoms with van der Waals surface area (Å²) in [6.45, 7) is 4.00. The second-order valence-corrected chi connectivity index (χ2v) is 5.48. The molecular formula is C14H17BrFNO3. The van der Waals surface area contributed by atoms with Crippen molar-refractivity contribution in [3.63, 3.8) is 0 Å². The van der Waals surface area contributed by atoms with E-state index < -0.39 is 11.8 Å². The van der Waals surface area contributed by atoms with E-state index >= 15 is 0 Å². The van der Waals surface area contributed by atoms with Crippen LogP contribution in [0.3, 0.4) is 0 Å². The van der Waals surface area contributed by atoms with Gasteiger partial charge >= 0.3 is 5.97 Å². The van der Waals surface area contributed by atoms with Crippen LogP contribution in [-0.2, 0) is 4.79 Å². The highest BCUT2D eigenvalue weighted by molar-refractivity contribution is 9.10. The van der Waals surface area contributed by atoms with Crippen molar-refractivity contribution in [2.24, 2.45) is 0 Å². The van der Waals surface area contributed by atoms with E-state index in [0.717, 1.165) is 0 Å². The highest BCUT2D eigenvalue weighted by Crippen LogP contribution is 2.22. The first-order valence-electron chi connectivity index (χ1n) is 6.31. The Balaban J connectivity index is 2.88. The fourth-order valence-corrected chi connectivity index (χ4v) is 2.25. The first-order chi connectivity index (χ1) is 9.34. The van der Waals surface area contributed by atoms with Gasteiger partial charge in [0.05, 0.1) is 10.0 Å². The molecule has 0 bridgehead atoms. The summed E-state index contributed by atoms with van der Waals surface area (Å²) >= 11 is 3.07. The van der Waals surface area contributed by atoms with Crippen LogP contribution in [0.5, 0.6) is 0 Å². The van der Waals surface area contributed by atoms with E-state index in [1.807, 2.05) is 13.8 Å². The number of carbonyl (C=O) groups is 2. The Kier molecular flexibility index (Phi) is 6.13. The topological polar surface area (TPSA) is 57.6 Å². The summed E-state index contributed by atoms with van der Waals surface area (Å²) in [5.41, 5.74) is 0.244. The minimum absolute atomic E-state index is 0.000814. The van der Waals surface area contributed by atoms with E-state index in [2.05, 4.69) is 15.9 Å². The molecule has 1 aromatic carbocycles. The van der Waals surface area contributed by atoms with Gasteiger partial charge in [0.1, 0.15) is 5.82 Å². The summed E-state index contributed by atoms with van der Waals surface area (Å²) in [6.07, 6.45) is 0.368. The number of benzene rings is 1. The van der Waals surface area contributed by atoms with Gasteiger partial charge < -0.3 is 10.0 Å². The van der Waals surface area contributed by atoms with E-state index in [1.54, 1.807) is 11.0 Å². The van der Waals surface area contributed by atoms with E-state index in [-0.39, 0.29) is 28.4 Å². The molecule has 4 nitrogen and oxygen atoms in total. The summed E-state index contributed by atoms with van der Waals surface area (Å²) < 4.78 is 13.6. The van der Waals surface area contributed by atoms with Crippen molar-refractivity contribution in [2.45, 2.75) is 32.7 Å². The predicted molar refractivity (Wildman–Crippen MR) is 77.1 cm³/mol. The van der Waals surface area contributed by atoms with Crippen molar-refractivity contribution < 1.29 is 19.1 Å². The summed E-state index contributed by atoms with van der Waals surface area (Å²) in [4.78, 5) is 24.5. The van der Waals surface area contributed by atoms with Crippen LogP contribution in [0.25, 0.3) is 0 Å². The molecule has 0 heterocycles. The number of hydrogen-bond donors (Lipinski definition) is 1. The zero-order valence-corrected chi connectivity index (χ0v) is 13.0. The summed E-state index contributed by atoms with van der Waals surface area (Å²) in [5.74, 6) is -1.70. The van der Waals surface area contributed by atoms with Crippen molar-refractivity contribution in [1.29, 1.82) is 0 Å². The van der Waals surface area contributed by atoms with Gasteiger partial charge in [-0.2, -0.15) is 0 Å². The Morgan fingerprint density at radius 1 is 1.40 bits per heavy atom. The highest BCUT2D eigenvalue weighted by atomic mass is 79.9. The fraction of sp³-hybridized carbons (Fsp3) is 0.429. The van der Waals surface area contributed by atoms with Crippen molar-refractivity contribution in [1.82, 2.24) is 4.90 Å². The Morgan fingerprint density at radius 2 is 2.05 bits per heavy atom. The number of nitrogens with zero attached hydrogens (tertiary/aromatic N) is 1. The van der Waals surface area contributed by atoms with Gasteiger partial charge in [0, 0.05) is 19.0 Å². The van der Waals surface area contributed by atoms with Crippen LogP contribution < -0.4 is 0 Å². The smallest absolute Gasteiger partial charge is 0.303 e. The van der Waals surface area contributed by atoms with E-state index in [9.17, 15) is 14.0 Å². The summed E-state index contributed by atoms with van der Waals surface area (Å²) in [7, 11) is 0. The Labute approximate surface area is 125 Å². The number of aliphatic carboxylic acids is 1. The number of rotatable bonds is 6. The molecule has 0 aliphatic rings. The lowest BCUT2D eigenvalue weighted by Gasteiger charge is -2.27. The van der Waals surface area contributed by atoms with Gasteiger partial charge in [-0.25, -0.2) is 4.39 Å². The van der Waals surface area contributed by atoms with Crippen molar-refractivity contribution in [3.8, 4) is 0 Å². The fourth-order valence-electron chi connectivity index (χ4n) is 1.82. The number of carboxylic acid groups (broad SMARTS) is 1. The molecule has 1 amide bonds. The lowest BCUT2D eigenvalue weighted by Crippen LogP contribution is -2.38. The van der Waals surface area contributed by atoms with Gasteiger partial charge in [0.2, 0.25) is 0 Å². The van der Waals surface area contributed by atoms with Crippen LogP contribution >= 0.6 is 15.9 Å². The maximum absolute atomic E-state index is 13.5. The molecule has 0 spiro atoms. The second-order valence-electron chi connectivity index (χ2n) is 4.69. The third kappa shape index (κ3) is 4.30.